The zero-order valence-corrected chi connectivity index (χ0v) is 11.7. The highest BCUT2D eigenvalue weighted by Gasteiger charge is 2.37. The first kappa shape index (κ1) is 14.5. The van der Waals surface area contributed by atoms with Crippen LogP contribution in [0.2, 0.25) is 5.02 Å². The van der Waals surface area contributed by atoms with E-state index in [1.165, 1.54) is 6.07 Å². The van der Waals surface area contributed by atoms with E-state index in [2.05, 4.69) is 0 Å². The van der Waals surface area contributed by atoms with Crippen LogP contribution in [0.1, 0.15) is 37.7 Å². The summed E-state index contributed by atoms with van der Waals surface area (Å²) >= 11 is 5.74. The van der Waals surface area contributed by atoms with Crippen LogP contribution in [0, 0.1) is 11.2 Å². The second kappa shape index (κ2) is 6.02. The van der Waals surface area contributed by atoms with Crippen molar-refractivity contribution in [1.82, 2.24) is 0 Å². The average Bonchev–Trinajstić information content (AvgIpc) is 2.44. The van der Waals surface area contributed by atoms with Gasteiger partial charge in [0, 0.05) is 18.4 Å². The molecule has 1 aromatic carbocycles. The fourth-order valence-corrected chi connectivity index (χ4v) is 3.06. The number of halogens is 2. The lowest BCUT2D eigenvalue weighted by molar-refractivity contribution is -0.129. The number of benzene rings is 1. The van der Waals surface area contributed by atoms with Crippen LogP contribution in [0.15, 0.2) is 18.2 Å². The third-order valence-electron chi connectivity index (χ3n) is 4.18. The predicted octanol–water partition coefficient (Wildman–Crippen LogP) is 3.50. The standard InChI is InChI=1S/C15H19ClFNO/c16-12-6-4-5-11(14(12)17)9-13(19)15(10-18)7-2-1-3-8-15/h4-6H,1-3,7-10,18H2. The van der Waals surface area contributed by atoms with Crippen molar-refractivity contribution in [3.63, 3.8) is 0 Å². The van der Waals surface area contributed by atoms with E-state index in [1.807, 2.05) is 0 Å². The molecule has 1 aliphatic carbocycles. The molecule has 0 aromatic heterocycles. The van der Waals surface area contributed by atoms with E-state index in [0.717, 1.165) is 32.1 Å². The minimum absolute atomic E-state index is 0.0517. The summed E-state index contributed by atoms with van der Waals surface area (Å²) in [6, 6.07) is 4.78. The minimum Gasteiger partial charge on any atom is -0.329 e. The van der Waals surface area contributed by atoms with E-state index in [0.29, 0.717) is 12.1 Å². The number of hydrogen-bond donors (Lipinski definition) is 1. The largest absolute Gasteiger partial charge is 0.329 e. The highest BCUT2D eigenvalue weighted by atomic mass is 35.5. The second-order valence-electron chi connectivity index (χ2n) is 5.36. The maximum absolute atomic E-state index is 13.8. The number of carbonyl (C=O) groups excluding carboxylic acids is 1. The van der Waals surface area contributed by atoms with Crippen LogP contribution in [-0.2, 0) is 11.2 Å². The van der Waals surface area contributed by atoms with Crippen LogP contribution in [-0.4, -0.2) is 12.3 Å². The molecule has 1 saturated carbocycles. The molecule has 1 fully saturated rings. The van der Waals surface area contributed by atoms with E-state index >= 15 is 0 Å². The van der Waals surface area contributed by atoms with E-state index in [9.17, 15) is 9.18 Å². The summed E-state index contributed by atoms with van der Waals surface area (Å²) < 4.78 is 13.8. The Hall–Kier alpha value is -0.930. The van der Waals surface area contributed by atoms with Crippen LogP contribution >= 0.6 is 11.6 Å². The lowest BCUT2D eigenvalue weighted by atomic mass is 9.70. The maximum Gasteiger partial charge on any atom is 0.145 e. The number of Topliss-reactive ketones (excluding diaryl/α,β-unsaturated/α-hetero) is 1. The van der Waals surface area contributed by atoms with Crippen LogP contribution in [0.4, 0.5) is 4.39 Å². The molecule has 0 heterocycles. The number of hydrogen-bond acceptors (Lipinski definition) is 2. The molecule has 0 aliphatic heterocycles. The van der Waals surface area contributed by atoms with Gasteiger partial charge in [0.05, 0.1) is 5.02 Å². The van der Waals surface area contributed by atoms with E-state index in [-0.39, 0.29) is 17.2 Å². The molecule has 0 atom stereocenters. The first-order valence-electron chi connectivity index (χ1n) is 6.75. The molecular weight excluding hydrogens is 265 g/mol. The molecule has 1 aliphatic rings. The molecule has 0 saturated heterocycles. The fourth-order valence-electron chi connectivity index (χ4n) is 2.87. The van der Waals surface area contributed by atoms with Crippen molar-refractivity contribution >= 4 is 17.4 Å². The monoisotopic (exact) mass is 283 g/mol. The molecule has 0 spiro atoms. The van der Waals surface area contributed by atoms with E-state index in [1.54, 1.807) is 12.1 Å². The Morgan fingerprint density at radius 1 is 1.32 bits per heavy atom. The third-order valence-corrected chi connectivity index (χ3v) is 4.47. The highest BCUT2D eigenvalue weighted by Crippen LogP contribution is 2.37. The van der Waals surface area contributed by atoms with Gasteiger partial charge in [-0.2, -0.15) is 0 Å². The fraction of sp³-hybridized carbons (Fsp3) is 0.533. The van der Waals surface area contributed by atoms with Crippen molar-refractivity contribution in [2.24, 2.45) is 11.1 Å². The molecular formula is C15H19ClFNO. The van der Waals surface area contributed by atoms with Gasteiger partial charge in [-0.15, -0.1) is 0 Å². The molecule has 104 valence electrons. The van der Waals surface area contributed by atoms with Gasteiger partial charge in [-0.1, -0.05) is 43.0 Å². The Balaban J connectivity index is 2.17. The quantitative estimate of drug-likeness (QED) is 0.919. The van der Waals surface area contributed by atoms with Gasteiger partial charge in [-0.25, -0.2) is 4.39 Å². The maximum atomic E-state index is 13.8. The molecule has 0 bridgehead atoms. The molecule has 4 heteroatoms. The topological polar surface area (TPSA) is 43.1 Å². The van der Waals surface area contributed by atoms with Crippen molar-refractivity contribution in [2.45, 2.75) is 38.5 Å². The summed E-state index contributed by atoms with van der Waals surface area (Å²) in [4.78, 5) is 12.5. The van der Waals surface area contributed by atoms with Gasteiger partial charge in [-0.3, -0.25) is 4.79 Å². The summed E-state index contributed by atoms with van der Waals surface area (Å²) in [5.74, 6) is -0.434. The SMILES string of the molecule is NCC1(C(=O)Cc2cccc(Cl)c2F)CCCCC1. The van der Waals surface area contributed by atoms with Crippen molar-refractivity contribution in [1.29, 1.82) is 0 Å². The Kier molecular flexibility index (Phi) is 4.58. The van der Waals surface area contributed by atoms with E-state index in [4.69, 9.17) is 17.3 Å². The van der Waals surface area contributed by atoms with Crippen molar-refractivity contribution in [2.75, 3.05) is 6.54 Å². The van der Waals surface area contributed by atoms with Crippen molar-refractivity contribution in [3.05, 3.63) is 34.6 Å². The first-order valence-corrected chi connectivity index (χ1v) is 7.13. The Labute approximate surface area is 118 Å². The summed E-state index contributed by atoms with van der Waals surface area (Å²) in [6.07, 6.45) is 4.95. The number of carbonyl (C=O) groups is 1. The van der Waals surface area contributed by atoms with Crippen molar-refractivity contribution in [3.8, 4) is 0 Å². The molecule has 2 nitrogen and oxygen atoms in total. The summed E-state index contributed by atoms with van der Waals surface area (Å²) in [5, 5.41) is 0.0655. The third kappa shape index (κ3) is 2.98. The number of rotatable bonds is 4. The molecule has 2 N–H and O–H groups in total. The van der Waals surface area contributed by atoms with Crippen LogP contribution in [0.25, 0.3) is 0 Å². The van der Waals surface area contributed by atoms with Crippen LogP contribution in [0.3, 0.4) is 0 Å². The van der Waals surface area contributed by atoms with Gasteiger partial charge in [0.1, 0.15) is 11.6 Å². The normalized spacial score (nSPS) is 18.3. The number of ketones is 1. The second-order valence-corrected chi connectivity index (χ2v) is 5.77. The Bertz CT molecular complexity index is 469. The predicted molar refractivity (Wildman–Crippen MR) is 74.7 cm³/mol. The highest BCUT2D eigenvalue weighted by molar-refractivity contribution is 6.30. The zero-order chi connectivity index (χ0) is 13.9. The zero-order valence-electron chi connectivity index (χ0n) is 10.9. The molecule has 0 amide bonds. The molecule has 1 aromatic rings. The van der Waals surface area contributed by atoms with Gasteiger partial charge in [-0.05, 0) is 24.5 Å². The van der Waals surface area contributed by atoms with Crippen LogP contribution in [0.5, 0.6) is 0 Å². The number of nitrogens with two attached hydrogens (primary N) is 1. The molecule has 19 heavy (non-hydrogen) atoms. The summed E-state index contributed by atoms with van der Waals surface area (Å²) in [6.45, 7) is 0.355. The molecule has 2 rings (SSSR count). The summed E-state index contributed by atoms with van der Waals surface area (Å²) in [7, 11) is 0. The van der Waals surface area contributed by atoms with Crippen molar-refractivity contribution < 1.29 is 9.18 Å². The van der Waals surface area contributed by atoms with Gasteiger partial charge >= 0.3 is 0 Å². The van der Waals surface area contributed by atoms with Gasteiger partial charge in [0.2, 0.25) is 0 Å². The average molecular weight is 284 g/mol. The van der Waals surface area contributed by atoms with E-state index < -0.39 is 11.2 Å². The van der Waals surface area contributed by atoms with Gasteiger partial charge in [0.25, 0.3) is 0 Å². The van der Waals surface area contributed by atoms with Gasteiger partial charge < -0.3 is 5.73 Å². The summed E-state index contributed by atoms with van der Waals surface area (Å²) in [5.41, 5.74) is 5.74. The minimum atomic E-state index is -0.486. The lowest BCUT2D eigenvalue weighted by Gasteiger charge is -2.34. The molecule has 0 radical (unpaired) electrons. The van der Waals surface area contributed by atoms with Gasteiger partial charge in [0.15, 0.2) is 0 Å². The Morgan fingerprint density at radius 3 is 2.63 bits per heavy atom. The Morgan fingerprint density at radius 2 is 2.00 bits per heavy atom. The lowest BCUT2D eigenvalue weighted by Crippen LogP contribution is -2.41. The molecule has 0 unspecified atom stereocenters. The van der Waals surface area contributed by atoms with Crippen LogP contribution < -0.4 is 5.73 Å². The smallest absolute Gasteiger partial charge is 0.145 e. The first-order chi connectivity index (χ1) is 9.09.